The smallest absolute Gasteiger partial charge is 0.389 e. The summed E-state index contributed by atoms with van der Waals surface area (Å²) in [6.45, 7) is 6.28. The minimum absolute atomic E-state index is 0.00941. The van der Waals surface area contributed by atoms with E-state index in [1.807, 2.05) is 13.8 Å². The maximum Gasteiger partial charge on any atom is 0.389 e. The molecule has 0 aromatic rings. The van der Waals surface area contributed by atoms with Crippen LogP contribution in [0.1, 0.15) is 72.1 Å². The maximum absolute atomic E-state index is 13.6. The monoisotopic (exact) mass is 622 g/mol. The van der Waals surface area contributed by atoms with E-state index in [2.05, 4.69) is 35.6 Å². The van der Waals surface area contributed by atoms with Crippen LogP contribution in [0.25, 0.3) is 0 Å². The molecule has 1 aliphatic heterocycles. The Morgan fingerprint density at radius 2 is 2.03 bits per heavy atom. The minimum Gasteiger partial charge on any atom is -0.481 e. The molecule has 1 heterocycles. The molecular formula is C28H38F3IO4. The van der Waals surface area contributed by atoms with Gasteiger partial charge in [-0.25, -0.2) is 0 Å². The number of aldehydes is 1. The summed E-state index contributed by atoms with van der Waals surface area (Å²) >= 11 is 2.24. The van der Waals surface area contributed by atoms with Gasteiger partial charge < -0.3 is 14.6 Å². The average Bonchev–Trinajstić information content (AvgIpc) is 3.50. The van der Waals surface area contributed by atoms with E-state index in [1.54, 1.807) is 0 Å². The first-order chi connectivity index (χ1) is 16.9. The zero-order valence-electron chi connectivity index (χ0n) is 21.3. The molecule has 8 heteroatoms. The lowest BCUT2D eigenvalue weighted by Crippen LogP contribution is -2.65. The van der Waals surface area contributed by atoms with Crippen LogP contribution in [0.3, 0.4) is 0 Å². The fourth-order valence-electron chi connectivity index (χ4n) is 10.0. The van der Waals surface area contributed by atoms with Crippen molar-refractivity contribution in [2.24, 2.45) is 51.8 Å². The van der Waals surface area contributed by atoms with Crippen molar-refractivity contribution in [3.8, 4) is 0 Å². The molecule has 0 aromatic heterocycles. The molecule has 4 aliphatic carbocycles. The van der Waals surface area contributed by atoms with Crippen LogP contribution in [0.15, 0.2) is 11.6 Å². The van der Waals surface area contributed by atoms with Gasteiger partial charge in [0.2, 0.25) is 0 Å². The summed E-state index contributed by atoms with van der Waals surface area (Å²) in [5.74, 6) is -0.231. The van der Waals surface area contributed by atoms with E-state index in [0.29, 0.717) is 29.6 Å². The number of halogens is 4. The molecular weight excluding hydrogens is 584 g/mol. The summed E-state index contributed by atoms with van der Waals surface area (Å²) in [6.07, 6.45) is 1.91. The molecule has 0 aromatic carbocycles. The second-order valence-corrected chi connectivity index (χ2v) is 13.6. The van der Waals surface area contributed by atoms with E-state index in [0.717, 1.165) is 31.1 Å². The Balaban J connectivity index is 1.59. The number of fused-ring (bicyclic) bond motifs is 2. The number of carboxylic acid groups (broad SMARTS) is 1. The summed E-state index contributed by atoms with van der Waals surface area (Å²) in [5.41, 5.74) is -2.08. The van der Waals surface area contributed by atoms with Gasteiger partial charge in [0.05, 0.1) is 17.6 Å². The quantitative estimate of drug-likeness (QED) is 0.139. The van der Waals surface area contributed by atoms with Crippen LogP contribution in [0.4, 0.5) is 13.2 Å². The molecule has 0 spiro atoms. The van der Waals surface area contributed by atoms with E-state index in [9.17, 15) is 27.9 Å². The van der Waals surface area contributed by atoms with Crippen molar-refractivity contribution >= 4 is 34.8 Å². The van der Waals surface area contributed by atoms with Crippen molar-refractivity contribution in [3.05, 3.63) is 11.6 Å². The van der Waals surface area contributed by atoms with Crippen molar-refractivity contribution < 1.29 is 32.6 Å². The summed E-state index contributed by atoms with van der Waals surface area (Å²) in [6, 6.07) is 0. The van der Waals surface area contributed by atoms with Gasteiger partial charge in [-0.2, -0.15) is 13.2 Å². The Morgan fingerprint density at radius 3 is 2.61 bits per heavy atom. The van der Waals surface area contributed by atoms with E-state index in [4.69, 9.17) is 4.74 Å². The molecule has 5 rings (SSSR count). The molecule has 202 valence electrons. The molecule has 1 saturated heterocycles. The second-order valence-electron chi connectivity index (χ2n) is 12.7. The van der Waals surface area contributed by atoms with Gasteiger partial charge in [-0.1, -0.05) is 61.4 Å². The van der Waals surface area contributed by atoms with Crippen molar-refractivity contribution in [1.82, 2.24) is 0 Å². The largest absolute Gasteiger partial charge is 0.481 e. The number of rotatable bonds is 8. The molecule has 0 radical (unpaired) electrons. The number of carbonyl (C=O) groups excluding carboxylic acids is 1. The van der Waals surface area contributed by atoms with Crippen LogP contribution in [-0.2, 0) is 14.3 Å². The van der Waals surface area contributed by atoms with Gasteiger partial charge in [-0.15, -0.1) is 0 Å². The Morgan fingerprint density at radius 1 is 1.31 bits per heavy atom. The predicted octanol–water partition coefficient (Wildman–Crippen LogP) is 6.85. The lowest BCUT2D eigenvalue weighted by molar-refractivity contribution is -0.196. The van der Waals surface area contributed by atoms with Gasteiger partial charge in [0, 0.05) is 16.3 Å². The molecule has 5 aliphatic rings. The van der Waals surface area contributed by atoms with Gasteiger partial charge in [0.1, 0.15) is 11.7 Å². The summed E-state index contributed by atoms with van der Waals surface area (Å²) in [5, 5.41) is 11.2. The van der Waals surface area contributed by atoms with Crippen LogP contribution in [-0.4, -0.2) is 40.2 Å². The first-order valence-corrected chi connectivity index (χ1v) is 15.1. The normalized spacial score (nSPS) is 47.3. The third-order valence-corrected chi connectivity index (χ3v) is 12.0. The number of alkyl halides is 4. The second kappa shape index (κ2) is 8.95. The Bertz CT molecular complexity index is 950. The number of hydrogen-bond donors (Lipinski definition) is 1. The van der Waals surface area contributed by atoms with Gasteiger partial charge in [-0.3, -0.25) is 4.79 Å². The average molecular weight is 623 g/mol. The number of allylic oxidation sites excluding steroid dienone is 1. The maximum atomic E-state index is 13.6. The van der Waals surface area contributed by atoms with Crippen molar-refractivity contribution in [2.45, 2.75) is 90.5 Å². The van der Waals surface area contributed by atoms with Crippen molar-refractivity contribution in [1.29, 1.82) is 0 Å². The summed E-state index contributed by atoms with van der Waals surface area (Å²) < 4.78 is 46.0. The first kappa shape index (κ1) is 26.9. The van der Waals surface area contributed by atoms with E-state index in [-0.39, 0.29) is 48.2 Å². The van der Waals surface area contributed by atoms with Crippen molar-refractivity contribution in [2.75, 3.05) is 4.43 Å². The molecule has 4 fully saturated rings. The number of carboxylic acids is 1. The number of hydrogen-bond acceptors (Lipinski definition) is 3. The predicted molar refractivity (Wildman–Crippen MR) is 138 cm³/mol. The van der Waals surface area contributed by atoms with E-state index in [1.165, 1.54) is 0 Å². The van der Waals surface area contributed by atoms with Crippen LogP contribution >= 0.6 is 22.6 Å². The highest BCUT2D eigenvalue weighted by atomic mass is 127. The molecule has 4 nitrogen and oxygen atoms in total. The zero-order chi connectivity index (χ0) is 26.3. The number of aliphatic carboxylic acids is 1. The molecule has 3 saturated carbocycles. The third kappa shape index (κ3) is 3.33. The number of carbonyl (C=O) groups is 2. The molecule has 1 N–H and O–H groups in total. The first-order valence-electron chi connectivity index (χ1n) is 13.6. The van der Waals surface area contributed by atoms with Gasteiger partial charge >= 0.3 is 12.1 Å². The fraction of sp³-hybridized carbons (Fsp3) is 0.857. The summed E-state index contributed by atoms with van der Waals surface area (Å²) in [4.78, 5) is 26.8. The van der Waals surface area contributed by atoms with Crippen LogP contribution in [0.2, 0.25) is 0 Å². The van der Waals surface area contributed by atoms with Crippen LogP contribution in [0.5, 0.6) is 0 Å². The molecule has 36 heavy (non-hydrogen) atoms. The van der Waals surface area contributed by atoms with E-state index >= 15 is 0 Å². The topological polar surface area (TPSA) is 63.6 Å². The lowest BCUT2D eigenvalue weighted by atomic mass is 9.41. The minimum atomic E-state index is -4.17. The van der Waals surface area contributed by atoms with Crippen LogP contribution in [0, 0.1) is 51.8 Å². The molecule has 7 unspecified atom stereocenters. The van der Waals surface area contributed by atoms with Crippen molar-refractivity contribution in [3.63, 3.8) is 0 Å². The van der Waals surface area contributed by atoms with Gasteiger partial charge in [0.15, 0.2) is 0 Å². The zero-order valence-corrected chi connectivity index (χ0v) is 23.5. The van der Waals surface area contributed by atoms with Crippen LogP contribution < -0.4 is 0 Å². The van der Waals surface area contributed by atoms with Gasteiger partial charge in [0.25, 0.3) is 0 Å². The fourth-order valence-corrected chi connectivity index (χ4v) is 10.9. The standard InChI is InChI=1S/C28H38F3IO4/c1-15(2)21-10-18-11-25(14-33)20-7-6-16(3)19(20)12-26(18,28(21,25)24(34)35)23-9-17(22(13-32)36-23)5-4-8-27(29,30)31/h10,14-20,22-23H,4-9,11-13H2,1-3H3,(H,34,35)/t16-,17?,18?,19-,20-,22?,23?,25?,26?,28?/m1/s1. The molecule has 0 amide bonds. The van der Waals surface area contributed by atoms with E-state index < -0.39 is 34.8 Å². The lowest BCUT2D eigenvalue weighted by Gasteiger charge is -2.60. The highest BCUT2D eigenvalue weighted by molar-refractivity contribution is 14.1. The Kier molecular flexibility index (Phi) is 6.70. The highest BCUT2D eigenvalue weighted by Gasteiger charge is 2.86. The Hall–Kier alpha value is -0.640. The number of ether oxygens (including phenoxy) is 1. The third-order valence-electron chi connectivity index (χ3n) is 11.1. The SMILES string of the molecule is CC(C)C1=CC2CC3(C=O)[C@@H]4CC[C@@H](C)[C@H]4CC2(C2CC(CCCC(F)(F)F)C(CI)O2)C13C(=O)O. The Labute approximate surface area is 225 Å². The molecule has 4 bridgehead atoms. The highest BCUT2D eigenvalue weighted by Crippen LogP contribution is 2.84. The summed E-state index contributed by atoms with van der Waals surface area (Å²) in [7, 11) is 0. The van der Waals surface area contributed by atoms with Gasteiger partial charge in [-0.05, 0) is 74.0 Å². The molecule has 10 atom stereocenters.